The number of benzene rings is 1. The van der Waals surface area contributed by atoms with Gasteiger partial charge in [0.2, 0.25) is 5.91 Å². The lowest BCUT2D eigenvalue weighted by Gasteiger charge is -2.35. The van der Waals surface area contributed by atoms with E-state index in [2.05, 4.69) is 5.32 Å². The Labute approximate surface area is 134 Å². The lowest BCUT2D eigenvalue weighted by molar-refractivity contribution is -0.148. The minimum Gasteiger partial charge on any atom is -0.469 e. The monoisotopic (exact) mass is 323 g/mol. The van der Waals surface area contributed by atoms with Crippen LogP contribution >= 0.6 is 0 Å². The zero-order valence-electron chi connectivity index (χ0n) is 13.2. The normalized spacial score (nSPS) is 24.0. The SMILES string of the molecule is COC(=O)C1CCC(O)(CNC(=O)Cc2ccccc2F)CC1. The predicted molar refractivity (Wildman–Crippen MR) is 82.0 cm³/mol. The van der Waals surface area contributed by atoms with Gasteiger partial charge in [-0.3, -0.25) is 9.59 Å². The van der Waals surface area contributed by atoms with Crippen LogP contribution < -0.4 is 5.32 Å². The van der Waals surface area contributed by atoms with Gasteiger partial charge in [-0.15, -0.1) is 0 Å². The first-order chi connectivity index (χ1) is 10.9. The predicted octanol–water partition coefficient (Wildman–Crippen LogP) is 1.58. The number of amides is 1. The molecule has 1 amide bonds. The van der Waals surface area contributed by atoms with E-state index in [4.69, 9.17) is 4.74 Å². The van der Waals surface area contributed by atoms with Crippen molar-refractivity contribution < 1.29 is 23.8 Å². The summed E-state index contributed by atoms with van der Waals surface area (Å²) in [6.45, 7) is 0.105. The molecule has 126 valence electrons. The molecule has 1 aliphatic carbocycles. The third kappa shape index (κ3) is 4.76. The van der Waals surface area contributed by atoms with Crippen LogP contribution in [0.5, 0.6) is 0 Å². The van der Waals surface area contributed by atoms with E-state index in [-0.39, 0.29) is 30.8 Å². The number of hydrogen-bond acceptors (Lipinski definition) is 4. The minimum atomic E-state index is -1.02. The molecule has 0 aromatic heterocycles. The van der Waals surface area contributed by atoms with E-state index in [0.717, 1.165) is 0 Å². The van der Waals surface area contributed by atoms with E-state index in [0.29, 0.717) is 31.2 Å². The van der Waals surface area contributed by atoms with Gasteiger partial charge in [-0.1, -0.05) is 18.2 Å². The van der Waals surface area contributed by atoms with Gasteiger partial charge in [0.15, 0.2) is 0 Å². The van der Waals surface area contributed by atoms with Gasteiger partial charge in [0, 0.05) is 6.54 Å². The van der Waals surface area contributed by atoms with Gasteiger partial charge in [-0.25, -0.2) is 4.39 Å². The zero-order valence-corrected chi connectivity index (χ0v) is 13.2. The van der Waals surface area contributed by atoms with Crippen LogP contribution in [0.3, 0.4) is 0 Å². The van der Waals surface area contributed by atoms with Crippen molar-refractivity contribution in [1.29, 1.82) is 0 Å². The number of hydrogen-bond donors (Lipinski definition) is 2. The molecule has 1 saturated carbocycles. The molecule has 0 heterocycles. The van der Waals surface area contributed by atoms with E-state index < -0.39 is 11.4 Å². The summed E-state index contributed by atoms with van der Waals surface area (Å²) >= 11 is 0. The van der Waals surface area contributed by atoms with E-state index >= 15 is 0 Å². The molecule has 2 N–H and O–H groups in total. The Morgan fingerprint density at radius 3 is 2.61 bits per heavy atom. The molecule has 1 fully saturated rings. The van der Waals surface area contributed by atoms with Gasteiger partial charge in [-0.05, 0) is 37.3 Å². The number of esters is 1. The second-order valence-electron chi connectivity index (χ2n) is 6.07. The Balaban J connectivity index is 1.80. The van der Waals surface area contributed by atoms with Crippen molar-refractivity contribution in [3.05, 3.63) is 35.6 Å². The second-order valence-corrected chi connectivity index (χ2v) is 6.07. The van der Waals surface area contributed by atoms with Crippen molar-refractivity contribution in [3.63, 3.8) is 0 Å². The highest BCUT2D eigenvalue weighted by Gasteiger charge is 2.36. The molecule has 0 atom stereocenters. The van der Waals surface area contributed by atoms with Gasteiger partial charge in [0.25, 0.3) is 0 Å². The number of carbonyl (C=O) groups is 2. The van der Waals surface area contributed by atoms with Crippen LogP contribution in [0.15, 0.2) is 24.3 Å². The summed E-state index contributed by atoms with van der Waals surface area (Å²) in [7, 11) is 1.35. The van der Waals surface area contributed by atoms with Crippen LogP contribution in [-0.4, -0.2) is 36.2 Å². The van der Waals surface area contributed by atoms with Crippen LogP contribution in [0.1, 0.15) is 31.2 Å². The fourth-order valence-electron chi connectivity index (χ4n) is 2.87. The third-order valence-corrected chi connectivity index (χ3v) is 4.37. The highest BCUT2D eigenvalue weighted by atomic mass is 19.1. The molecule has 1 aliphatic rings. The summed E-state index contributed by atoms with van der Waals surface area (Å²) in [5.74, 6) is -1.19. The third-order valence-electron chi connectivity index (χ3n) is 4.37. The molecule has 5 nitrogen and oxygen atoms in total. The number of halogens is 1. The smallest absolute Gasteiger partial charge is 0.308 e. The lowest BCUT2D eigenvalue weighted by Crippen LogP contribution is -2.46. The quantitative estimate of drug-likeness (QED) is 0.807. The molecule has 0 radical (unpaired) electrons. The number of aliphatic hydroxyl groups is 1. The molecular formula is C17H22FNO4. The molecule has 6 heteroatoms. The maximum Gasteiger partial charge on any atom is 0.308 e. The average Bonchev–Trinajstić information content (AvgIpc) is 2.55. The Bertz CT molecular complexity index is 567. The van der Waals surface area contributed by atoms with Crippen molar-refractivity contribution in [1.82, 2.24) is 5.32 Å². The first kappa shape index (κ1) is 17.4. The Morgan fingerprint density at radius 2 is 2.00 bits per heavy atom. The molecule has 23 heavy (non-hydrogen) atoms. The van der Waals surface area contributed by atoms with Crippen LogP contribution in [0.2, 0.25) is 0 Å². The summed E-state index contributed by atoms with van der Waals surface area (Å²) in [6, 6.07) is 6.11. The molecule has 0 aliphatic heterocycles. The highest BCUT2D eigenvalue weighted by Crippen LogP contribution is 2.32. The second kappa shape index (κ2) is 7.55. The molecule has 0 saturated heterocycles. The summed E-state index contributed by atoms with van der Waals surface area (Å²) in [5.41, 5.74) is -0.693. The van der Waals surface area contributed by atoms with Crippen LogP contribution in [0.4, 0.5) is 4.39 Å². The molecule has 0 bridgehead atoms. The Morgan fingerprint density at radius 1 is 1.35 bits per heavy atom. The number of carbonyl (C=O) groups excluding carboxylic acids is 2. The summed E-state index contributed by atoms with van der Waals surface area (Å²) < 4.78 is 18.2. The van der Waals surface area contributed by atoms with E-state index in [1.54, 1.807) is 18.2 Å². The van der Waals surface area contributed by atoms with Gasteiger partial charge < -0.3 is 15.2 Å². The van der Waals surface area contributed by atoms with Crippen LogP contribution in [-0.2, 0) is 20.7 Å². The maximum atomic E-state index is 13.5. The molecule has 2 rings (SSSR count). The van der Waals surface area contributed by atoms with E-state index in [1.807, 2.05) is 0 Å². The molecule has 1 aromatic rings. The van der Waals surface area contributed by atoms with Crippen molar-refractivity contribution >= 4 is 11.9 Å². The van der Waals surface area contributed by atoms with Gasteiger partial charge >= 0.3 is 5.97 Å². The Hall–Kier alpha value is -1.95. The maximum absolute atomic E-state index is 13.5. The van der Waals surface area contributed by atoms with Crippen LogP contribution in [0, 0.1) is 11.7 Å². The zero-order chi connectivity index (χ0) is 16.9. The standard InChI is InChI=1S/C17H22FNO4/c1-23-16(21)12-6-8-17(22,9-7-12)11-19-15(20)10-13-4-2-3-5-14(13)18/h2-5,12,22H,6-11H2,1H3,(H,19,20). The highest BCUT2D eigenvalue weighted by molar-refractivity contribution is 5.78. The summed E-state index contributed by atoms with van der Waals surface area (Å²) in [4.78, 5) is 23.4. The van der Waals surface area contributed by atoms with Crippen molar-refractivity contribution in [3.8, 4) is 0 Å². The fraction of sp³-hybridized carbons (Fsp3) is 0.529. The van der Waals surface area contributed by atoms with Crippen LogP contribution in [0.25, 0.3) is 0 Å². The average molecular weight is 323 g/mol. The number of nitrogens with one attached hydrogen (secondary N) is 1. The number of methoxy groups -OCH3 is 1. The topological polar surface area (TPSA) is 75.6 Å². The molecule has 1 aromatic carbocycles. The van der Waals surface area contributed by atoms with Gasteiger partial charge in [0.05, 0.1) is 25.0 Å². The molecular weight excluding hydrogens is 301 g/mol. The van der Waals surface area contributed by atoms with Gasteiger partial charge in [0.1, 0.15) is 5.82 Å². The van der Waals surface area contributed by atoms with Crippen molar-refractivity contribution in [2.24, 2.45) is 5.92 Å². The largest absolute Gasteiger partial charge is 0.469 e. The Kier molecular flexibility index (Phi) is 5.71. The fourth-order valence-corrected chi connectivity index (χ4v) is 2.87. The summed E-state index contributed by atoms with van der Waals surface area (Å²) in [5, 5.41) is 13.1. The van der Waals surface area contributed by atoms with E-state index in [1.165, 1.54) is 13.2 Å². The molecule has 0 spiro atoms. The summed E-state index contributed by atoms with van der Waals surface area (Å²) in [6.07, 6.45) is 1.85. The van der Waals surface area contributed by atoms with E-state index in [9.17, 15) is 19.1 Å². The van der Waals surface area contributed by atoms with Crippen molar-refractivity contribution in [2.75, 3.05) is 13.7 Å². The first-order valence-electron chi connectivity index (χ1n) is 7.74. The van der Waals surface area contributed by atoms with Crippen molar-refractivity contribution in [2.45, 2.75) is 37.7 Å². The number of rotatable bonds is 5. The lowest BCUT2D eigenvalue weighted by atomic mass is 9.78. The minimum absolute atomic E-state index is 0.0620. The molecule has 0 unspecified atom stereocenters. The first-order valence-corrected chi connectivity index (χ1v) is 7.74. The van der Waals surface area contributed by atoms with Gasteiger partial charge in [-0.2, -0.15) is 0 Å². The number of ether oxygens (including phenoxy) is 1.